The van der Waals surface area contributed by atoms with E-state index in [2.05, 4.69) is 0 Å². The maximum Gasteiger partial charge on any atom is 0.346 e. The van der Waals surface area contributed by atoms with Crippen LogP contribution in [0.3, 0.4) is 0 Å². The fraction of sp³-hybridized carbons (Fsp3) is 0.353. The first kappa shape index (κ1) is 16.0. The average molecular weight is 334 g/mol. The fourth-order valence-corrected chi connectivity index (χ4v) is 3.45. The van der Waals surface area contributed by atoms with Gasteiger partial charge in [-0.25, -0.2) is 4.79 Å². The van der Waals surface area contributed by atoms with E-state index in [1.54, 1.807) is 13.2 Å². The highest BCUT2D eigenvalue weighted by atomic mass is 32.1. The maximum absolute atomic E-state index is 11.2. The molecule has 1 unspecified atom stereocenters. The minimum absolute atomic E-state index is 0.161. The SMILES string of the molecule is COc1cc(C(=O)O)sc1-c1cccc(COC2CCOC2)c1. The van der Waals surface area contributed by atoms with E-state index >= 15 is 0 Å². The molecule has 1 N–H and O–H groups in total. The standard InChI is InChI=1S/C17H18O5S/c1-20-14-8-15(17(18)19)23-16(14)12-4-2-3-11(7-12)9-22-13-5-6-21-10-13/h2-4,7-8,13H,5-6,9-10H2,1H3,(H,18,19). The Bertz CT molecular complexity index is 688. The molecule has 0 amide bonds. The van der Waals surface area contributed by atoms with Gasteiger partial charge in [-0.15, -0.1) is 11.3 Å². The minimum atomic E-state index is -0.944. The Hall–Kier alpha value is -1.89. The molecule has 1 atom stereocenters. The molecule has 1 aromatic heterocycles. The van der Waals surface area contributed by atoms with Gasteiger partial charge in [0, 0.05) is 12.7 Å². The molecule has 5 nitrogen and oxygen atoms in total. The number of hydrogen-bond acceptors (Lipinski definition) is 5. The Balaban J connectivity index is 1.80. The Morgan fingerprint density at radius 3 is 3.00 bits per heavy atom. The monoisotopic (exact) mass is 334 g/mol. The zero-order valence-corrected chi connectivity index (χ0v) is 13.6. The van der Waals surface area contributed by atoms with Gasteiger partial charge in [0.1, 0.15) is 10.6 Å². The molecule has 0 bridgehead atoms. The first-order chi connectivity index (χ1) is 11.2. The maximum atomic E-state index is 11.2. The molecule has 6 heteroatoms. The molecule has 2 heterocycles. The molecule has 3 rings (SSSR count). The topological polar surface area (TPSA) is 65.0 Å². The second kappa shape index (κ2) is 7.12. The number of benzene rings is 1. The normalized spacial score (nSPS) is 17.3. The number of thiophene rings is 1. The van der Waals surface area contributed by atoms with Gasteiger partial charge in [-0.2, -0.15) is 0 Å². The number of aromatic carboxylic acids is 1. The van der Waals surface area contributed by atoms with Crippen LogP contribution in [0.25, 0.3) is 10.4 Å². The molecule has 1 fully saturated rings. The number of hydrogen-bond donors (Lipinski definition) is 1. The molecule has 122 valence electrons. The van der Waals surface area contributed by atoms with Crippen LogP contribution in [0.5, 0.6) is 5.75 Å². The third-order valence-corrected chi connectivity index (χ3v) is 4.84. The van der Waals surface area contributed by atoms with Crippen LogP contribution in [0, 0.1) is 0 Å². The van der Waals surface area contributed by atoms with Crippen LogP contribution in [0.4, 0.5) is 0 Å². The molecule has 0 saturated carbocycles. The quantitative estimate of drug-likeness (QED) is 0.877. The summed E-state index contributed by atoms with van der Waals surface area (Å²) in [5, 5.41) is 9.15. The van der Waals surface area contributed by atoms with Crippen molar-refractivity contribution in [3.63, 3.8) is 0 Å². The second-order valence-corrected chi connectivity index (χ2v) is 6.36. The zero-order valence-electron chi connectivity index (χ0n) is 12.8. The summed E-state index contributed by atoms with van der Waals surface area (Å²) in [5.41, 5.74) is 1.98. The summed E-state index contributed by atoms with van der Waals surface area (Å²) in [6.07, 6.45) is 1.09. The summed E-state index contributed by atoms with van der Waals surface area (Å²) >= 11 is 1.21. The third kappa shape index (κ3) is 3.72. The molecule has 1 aliphatic rings. The lowest BCUT2D eigenvalue weighted by molar-refractivity contribution is 0.0318. The first-order valence-electron chi connectivity index (χ1n) is 7.37. The van der Waals surface area contributed by atoms with Crippen LogP contribution in [0.2, 0.25) is 0 Å². The predicted octanol–water partition coefficient (Wildman–Crippen LogP) is 3.43. The van der Waals surface area contributed by atoms with E-state index in [0.717, 1.165) is 29.0 Å². The van der Waals surface area contributed by atoms with E-state index in [1.165, 1.54) is 11.3 Å². The smallest absolute Gasteiger partial charge is 0.346 e. The highest BCUT2D eigenvalue weighted by Gasteiger charge is 2.18. The van der Waals surface area contributed by atoms with Gasteiger partial charge in [0.05, 0.1) is 31.3 Å². The Labute approximate surface area is 138 Å². The number of ether oxygens (including phenoxy) is 3. The highest BCUT2D eigenvalue weighted by Crippen LogP contribution is 2.38. The second-order valence-electron chi connectivity index (χ2n) is 5.31. The van der Waals surface area contributed by atoms with Crippen molar-refractivity contribution < 1.29 is 24.1 Å². The van der Waals surface area contributed by atoms with E-state index in [9.17, 15) is 4.79 Å². The number of carbonyl (C=O) groups is 1. The minimum Gasteiger partial charge on any atom is -0.495 e. The van der Waals surface area contributed by atoms with Crippen LogP contribution in [0.1, 0.15) is 21.7 Å². The summed E-state index contributed by atoms with van der Waals surface area (Å²) in [4.78, 5) is 12.2. The number of methoxy groups -OCH3 is 1. The molecule has 0 spiro atoms. The summed E-state index contributed by atoms with van der Waals surface area (Å²) in [6.45, 7) is 1.93. The van der Waals surface area contributed by atoms with Gasteiger partial charge in [0.2, 0.25) is 0 Å². The van der Waals surface area contributed by atoms with E-state index in [0.29, 0.717) is 19.0 Å². The van der Waals surface area contributed by atoms with Crippen LogP contribution in [-0.4, -0.2) is 37.5 Å². The Kier molecular flexibility index (Phi) is 4.95. The summed E-state index contributed by atoms with van der Waals surface area (Å²) in [6, 6.07) is 9.45. The predicted molar refractivity (Wildman–Crippen MR) is 87.3 cm³/mol. The molecular weight excluding hydrogens is 316 g/mol. The average Bonchev–Trinajstić information content (AvgIpc) is 3.22. The van der Waals surface area contributed by atoms with Gasteiger partial charge in [0.15, 0.2) is 0 Å². The molecule has 0 aliphatic carbocycles. The lowest BCUT2D eigenvalue weighted by atomic mass is 10.1. The van der Waals surface area contributed by atoms with E-state index in [4.69, 9.17) is 19.3 Å². The van der Waals surface area contributed by atoms with Gasteiger partial charge in [0.25, 0.3) is 0 Å². The number of carboxylic acid groups (broad SMARTS) is 1. The van der Waals surface area contributed by atoms with Gasteiger partial charge in [-0.1, -0.05) is 18.2 Å². The third-order valence-electron chi connectivity index (χ3n) is 3.69. The van der Waals surface area contributed by atoms with E-state index in [-0.39, 0.29) is 11.0 Å². The van der Waals surface area contributed by atoms with Crippen molar-refractivity contribution in [1.29, 1.82) is 0 Å². The summed E-state index contributed by atoms with van der Waals surface area (Å²) < 4.78 is 16.4. The number of carboxylic acids is 1. The van der Waals surface area contributed by atoms with Crippen molar-refractivity contribution in [2.75, 3.05) is 20.3 Å². The zero-order chi connectivity index (χ0) is 16.2. The molecule has 23 heavy (non-hydrogen) atoms. The van der Waals surface area contributed by atoms with E-state index < -0.39 is 5.97 Å². The van der Waals surface area contributed by atoms with Gasteiger partial charge >= 0.3 is 5.97 Å². The van der Waals surface area contributed by atoms with Crippen LogP contribution >= 0.6 is 11.3 Å². The van der Waals surface area contributed by atoms with Crippen LogP contribution < -0.4 is 4.74 Å². The van der Waals surface area contributed by atoms with Crippen molar-refractivity contribution in [3.8, 4) is 16.2 Å². The molecule has 0 radical (unpaired) electrons. The van der Waals surface area contributed by atoms with Gasteiger partial charge < -0.3 is 19.3 Å². The van der Waals surface area contributed by atoms with Gasteiger partial charge in [-0.3, -0.25) is 0 Å². The van der Waals surface area contributed by atoms with Crippen molar-refractivity contribution in [1.82, 2.24) is 0 Å². The van der Waals surface area contributed by atoms with Crippen molar-refractivity contribution in [2.24, 2.45) is 0 Å². The Morgan fingerprint density at radius 1 is 1.43 bits per heavy atom. The lowest BCUT2D eigenvalue weighted by Gasteiger charge is -2.10. The fourth-order valence-electron chi connectivity index (χ4n) is 2.49. The van der Waals surface area contributed by atoms with Crippen LogP contribution in [0.15, 0.2) is 30.3 Å². The largest absolute Gasteiger partial charge is 0.495 e. The molecule has 1 aromatic carbocycles. The molecule has 2 aromatic rings. The molecular formula is C17H18O5S. The number of rotatable bonds is 6. The van der Waals surface area contributed by atoms with E-state index in [1.807, 2.05) is 24.3 Å². The van der Waals surface area contributed by atoms with Gasteiger partial charge in [-0.05, 0) is 23.6 Å². The van der Waals surface area contributed by atoms with Crippen molar-refractivity contribution >= 4 is 17.3 Å². The molecule has 1 aliphatic heterocycles. The Morgan fingerprint density at radius 2 is 2.30 bits per heavy atom. The summed E-state index contributed by atoms with van der Waals surface area (Å²) in [7, 11) is 1.55. The summed E-state index contributed by atoms with van der Waals surface area (Å²) in [5.74, 6) is -0.366. The highest BCUT2D eigenvalue weighted by molar-refractivity contribution is 7.17. The first-order valence-corrected chi connectivity index (χ1v) is 8.19. The molecule has 1 saturated heterocycles. The van der Waals surface area contributed by atoms with Crippen molar-refractivity contribution in [3.05, 3.63) is 40.8 Å². The van der Waals surface area contributed by atoms with Crippen molar-refractivity contribution in [2.45, 2.75) is 19.1 Å². The van der Waals surface area contributed by atoms with Crippen LogP contribution in [-0.2, 0) is 16.1 Å². The lowest BCUT2D eigenvalue weighted by Crippen LogP contribution is -2.11.